The maximum absolute atomic E-state index is 5.79. The van der Waals surface area contributed by atoms with Crippen molar-refractivity contribution in [2.45, 2.75) is 85.4 Å². The molecule has 0 aliphatic heterocycles. The van der Waals surface area contributed by atoms with Crippen LogP contribution in [-0.4, -0.2) is 12.2 Å². The highest BCUT2D eigenvalue weighted by atomic mass is 17.2. The molecule has 1 aliphatic carbocycles. The average Bonchev–Trinajstić information content (AvgIpc) is 2.33. The van der Waals surface area contributed by atoms with E-state index in [0.29, 0.717) is 17.9 Å². The van der Waals surface area contributed by atoms with Gasteiger partial charge in [0, 0.05) is 0 Å². The summed E-state index contributed by atoms with van der Waals surface area (Å²) in [6, 6.07) is 0. The molecule has 0 spiro atoms. The summed E-state index contributed by atoms with van der Waals surface area (Å²) >= 11 is 0. The Labute approximate surface area is 113 Å². The molecule has 4 unspecified atom stereocenters. The molecule has 0 amide bonds. The first-order valence-electron chi connectivity index (χ1n) is 7.86. The third-order valence-electron chi connectivity index (χ3n) is 4.27. The van der Waals surface area contributed by atoms with Crippen LogP contribution in [0.3, 0.4) is 0 Å². The van der Waals surface area contributed by atoms with Gasteiger partial charge >= 0.3 is 0 Å². The molecule has 0 aromatic rings. The lowest BCUT2D eigenvalue weighted by molar-refractivity contribution is -0.364. The first-order valence-corrected chi connectivity index (χ1v) is 7.86. The molecule has 0 heterocycles. The van der Waals surface area contributed by atoms with Crippen LogP contribution in [0.4, 0.5) is 0 Å². The molecule has 0 aromatic carbocycles. The molecule has 0 saturated heterocycles. The molecule has 0 aromatic heterocycles. The minimum atomic E-state index is 0.231. The molecule has 108 valence electrons. The first kappa shape index (κ1) is 16.0. The van der Waals surface area contributed by atoms with Crippen LogP contribution >= 0.6 is 0 Å². The van der Waals surface area contributed by atoms with Crippen molar-refractivity contribution >= 4 is 0 Å². The normalized spacial score (nSPS) is 30.7. The van der Waals surface area contributed by atoms with Crippen molar-refractivity contribution in [3.8, 4) is 0 Å². The SMILES string of the molecule is CCCCC(C)OOC1CC(C)CCC1C(C)C. The van der Waals surface area contributed by atoms with Gasteiger partial charge in [-0.2, -0.15) is 0 Å². The van der Waals surface area contributed by atoms with Gasteiger partial charge in [-0.15, -0.1) is 0 Å². The minimum Gasteiger partial charge on any atom is -0.233 e. The van der Waals surface area contributed by atoms with E-state index in [2.05, 4.69) is 34.6 Å². The minimum absolute atomic E-state index is 0.231. The molecule has 1 fully saturated rings. The standard InChI is InChI=1S/C16H32O2/c1-6-7-8-14(5)17-18-16-11-13(4)9-10-15(16)12(2)3/h12-16H,6-11H2,1-5H3. The molecule has 0 bridgehead atoms. The third kappa shape index (κ3) is 5.27. The molecular formula is C16H32O2. The molecular weight excluding hydrogens is 224 g/mol. The van der Waals surface area contributed by atoms with Crippen molar-refractivity contribution < 1.29 is 9.78 Å². The van der Waals surface area contributed by atoms with Gasteiger partial charge < -0.3 is 0 Å². The fraction of sp³-hybridized carbons (Fsp3) is 1.00. The third-order valence-corrected chi connectivity index (χ3v) is 4.27. The maximum Gasteiger partial charge on any atom is 0.0963 e. The van der Waals surface area contributed by atoms with Crippen molar-refractivity contribution in [2.24, 2.45) is 17.8 Å². The zero-order chi connectivity index (χ0) is 13.5. The second-order valence-electron chi connectivity index (χ2n) is 6.51. The van der Waals surface area contributed by atoms with E-state index in [1.807, 2.05) is 0 Å². The van der Waals surface area contributed by atoms with Crippen LogP contribution < -0.4 is 0 Å². The van der Waals surface area contributed by atoms with Gasteiger partial charge in [0.2, 0.25) is 0 Å². The average molecular weight is 256 g/mol. The quantitative estimate of drug-likeness (QED) is 0.473. The van der Waals surface area contributed by atoms with Crippen LogP contribution in [0.2, 0.25) is 0 Å². The van der Waals surface area contributed by atoms with E-state index in [1.165, 1.54) is 25.7 Å². The smallest absolute Gasteiger partial charge is 0.0963 e. The molecule has 1 aliphatic rings. The Balaban J connectivity index is 2.36. The number of hydrogen-bond donors (Lipinski definition) is 0. The van der Waals surface area contributed by atoms with Crippen molar-refractivity contribution in [3.05, 3.63) is 0 Å². The van der Waals surface area contributed by atoms with Gasteiger partial charge in [0.1, 0.15) is 0 Å². The summed E-state index contributed by atoms with van der Waals surface area (Å²) in [5, 5.41) is 0. The molecule has 1 rings (SSSR count). The highest BCUT2D eigenvalue weighted by Gasteiger charge is 2.32. The highest BCUT2D eigenvalue weighted by Crippen LogP contribution is 2.35. The predicted molar refractivity (Wildman–Crippen MR) is 76.3 cm³/mol. The van der Waals surface area contributed by atoms with Gasteiger partial charge in [0.05, 0.1) is 12.2 Å². The van der Waals surface area contributed by atoms with E-state index in [0.717, 1.165) is 18.8 Å². The van der Waals surface area contributed by atoms with Gasteiger partial charge in [0.25, 0.3) is 0 Å². The summed E-state index contributed by atoms with van der Waals surface area (Å²) in [5.41, 5.74) is 0. The van der Waals surface area contributed by atoms with E-state index in [4.69, 9.17) is 9.78 Å². The summed E-state index contributed by atoms with van der Waals surface area (Å²) in [6.45, 7) is 11.3. The predicted octanol–water partition coefficient (Wildman–Crippen LogP) is 4.97. The summed E-state index contributed by atoms with van der Waals surface area (Å²) < 4.78 is 0. The first-order chi connectivity index (χ1) is 8.54. The summed E-state index contributed by atoms with van der Waals surface area (Å²) in [5.74, 6) is 2.14. The number of rotatable bonds is 7. The lowest BCUT2D eigenvalue weighted by Crippen LogP contribution is -2.35. The zero-order valence-corrected chi connectivity index (χ0v) is 12.9. The Morgan fingerprint density at radius 1 is 1.17 bits per heavy atom. The van der Waals surface area contributed by atoms with E-state index >= 15 is 0 Å². The number of hydrogen-bond acceptors (Lipinski definition) is 2. The fourth-order valence-electron chi connectivity index (χ4n) is 2.93. The summed E-state index contributed by atoms with van der Waals surface area (Å²) in [6.07, 6.45) is 7.87. The van der Waals surface area contributed by atoms with Crippen molar-refractivity contribution in [3.63, 3.8) is 0 Å². The Morgan fingerprint density at radius 2 is 1.89 bits per heavy atom. The van der Waals surface area contributed by atoms with Crippen LogP contribution in [0, 0.1) is 17.8 Å². The highest BCUT2D eigenvalue weighted by molar-refractivity contribution is 4.80. The van der Waals surface area contributed by atoms with E-state index in [9.17, 15) is 0 Å². The zero-order valence-electron chi connectivity index (χ0n) is 12.9. The monoisotopic (exact) mass is 256 g/mol. The number of unbranched alkanes of at least 4 members (excludes halogenated alkanes) is 1. The van der Waals surface area contributed by atoms with Gasteiger partial charge in [0.15, 0.2) is 0 Å². The summed E-state index contributed by atoms with van der Waals surface area (Å²) in [7, 11) is 0. The van der Waals surface area contributed by atoms with E-state index < -0.39 is 0 Å². The second-order valence-corrected chi connectivity index (χ2v) is 6.51. The second kappa shape index (κ2) is 8.16. The van der Waals surface area contributed by atoms with Crippen molar-refractivity contribution in [1.29, 1.82) is 0 Å². The van der Waals surface area contributed by atoms with Crippen LogP contribution in [0.1, 0.15) is 73.1 Å². The van der Waals surface area contributed by atoms with E-state index in [1.54, 1.807) is 0 Å². The van der Waals surface area contributed by atoms with Gasteiger partial charge in [-0.1, -0.05) is 47.0 Å². The van der Waals surface area contributed by atoms with Crippen LogP contribution in [0.5, 0.6) is 0 Å². The molecule has 18 heavy (non-hydrogen) atoms. The molecule has 0 N–H and O–H groups in total. The topological polar surface area (TPSA) is 18.5 Å². The Kier molecular flexibility index (Phi) is 7.25. The maximum atomic E-state index is 5.79. The van der Waals surface area contributed by atoms with Gasteiger partial charge in [-0.05, 0) is 43.9 Å². The van der Waals surface area contributed by atoms with Crippen molar-refractivity contribution in [2.75, 3.05) is 0 Å². The molecule has 1 saturated carbocycles. The van der Waals surface area contributed by atoms with Gasteiger partial charge in [-0.25, -0.2) is 9.78 Å². The lowest BCUT2D eigenvalue weighted by Gasteiger charge is -2.36. The Bertz CT molecular complexity index is 215. The Morgan fingerprint density at radius 3 is 2.50 bits per heavy atom. The largest absolute Gasteiger partial charge is 0.233 e. The fourth-order valence-corrected chi connectivity index (χ4v) is 2.93. The lowest BCUT2D eigenvalue weighted by atomic mass is 9.75. The van der Waals surface area contributed by atoms with E-state index in [-0.39, 0.29) is 6.10 Å². The summed E-state index contributed by atoms with van der Waals surface area (Å²) in [4.78, 5) is 11.4. The van der Waals surface area contributed by atoms with Crippen LogP contribution in [0.15, 0.2) is 0 Å². The molecule has 0 radical (unpaired) electrons. The molecule has 2 nitrogen and oxygen atoms in total. The van der Waals surface area contributed by atoms with Gasteiger partial charge in [-0.3, -0.25) is 0 Å². The molecule has 4 atom stereocenters. The molecule has 2 heteroatoms. The van der Waals surface area contributed by atoms with Crippen molar-refractivity contribution in [1.82, 2.24) is 0 Å². The van der Waals surface area contributed by atoms with Crippen LogP contribution in [-0.2, 0) is 9.78 Å². The Hall–Kier alpha value is -0.0800. The van der Waals surface area contributed by atoms with Crippen LogP contribution in [0.25, 0.3) is 0 Å².